The van der Waals surface area contributed by atoms with E-state index in [1.54, 1.807) is 6.92 Å². The Balaban J connectivity index is 3.06. The van der Waals surface area contributed by atoms with Crippen LogP contribution in [0.3, 0.4) is 0 Å². The van der Waals surface area contributed by atoms with Crippen LogP contribution in [0.2, 0.25) is 0 Å². The third-order valence-corrected chi connectivity index (χ3v) is 6.27. The summed E-state index contributed by atoms with van der Waals surface area (Å²) < 4.78 is 0. The molecule has 3 amide bonds. The van der Waals surface area contributed by atoms with Crippen LogP contribution in [0.5, 0.6) is 0 Å². The van der Waals surface area contributed by atoms with Gasteiger partial charge in [-0.25, -0.2) is 0 Å². The number of amides is 3. The van der Waals surface area contributed by atoms with Gasteiger partial charge in [0, 0.05) is 29.7 Å². The minimum atomic E-state index is -1.51. The molecule has 0 aliphatic rings. The fourth-order valence-electron chi connectivity index (χ4n) is 4.31. The monoisotopic (exact) mass is 621 g/mol. The zero-order valence-electron chi connectivity index (χ0n) is 24.6. The first kappa shape index (κ1) is 37.2. The molecule has 0 fully saturated rings. The Kier molecular flexibility index (Phi) is 16.4. The molecule has 15 heteroatoms. The minimum absolute atomic E-state index is 0.0916. The van der Waals surface area contributed by atoms with E-state index in [1.165, 1.54) is 0 Å². The number of hydrogen-bond acceptors (Lipinski definition) is 8. The fraction of sp³-hybridized carbons (Fsp3) is 0.517. The lowest BCUT2D eigenvalue weighted by Gasteiger charge is -2.21. The minimum Gasteiger partial charge on any atom is -0.480 e. The van der Waals surface area contributed by atoms with Crippen molar-refractivity contribution in [2.45, 2.75) is 71.1 Å². The number of carboxylic acids is 4. The van der Waals surface area contributed by atoms with Crippen molar-refractivity contribution in [3.8, 4) is 0 Å². The highest BCUT2D eigenvalue weighted by Crippen LogP contribution is 2.20. The van der Waals surface area contributed by atoms with E-state index >= 15 is 0 Å². The van der Waals surface area contributed by atoms with Crippen LogP contribution in [0.1, 0.15) is 91.8 Å². The molecule has 0 aliphatic carbocycles. The van der Waals surface area contributed by atoms with Gasteiger partial charge in [-0.3, -0.25) is 33.6 Å². The first-order valence-electron chi connectivity index (χ1n) is 14.1. The van der Waals surface area contributed by atoms with Crippen LogP contribution < -0.4 is 5.32 Å². The highest BCUT2D eigenvalue weighted by atomic mass is 16.4. The number of aliphatic carboxylic acids is 4. The molecule has 0 saturated heterocycles. The van der Waals surface area contributed by atoms with E-state index in [0.29, 0.717) is 22.6 Å². The molecule has 0 radical (unpaired) electrons. The van der Waals surface area contributed by atoms with Gasteiger partial charge in [-0.15, -0.1) is 0 Å². The van der Waals surface area contributed by atoms with E-state index in [4.69, 9.17) is 20.4 Å². The lowest BCUT2D eigenvalue weighted by Crippen LogP contribution is -2.40. The SMILES string of the molecule is CC(=O)CCCCCCCCCCC(=O)Nc1cc(C(=O)N(CC(=O)O)CC(=O)O)cc(C(=O)N(CC(=O)O)CC(=O)O)c1. The van der Waals surface area contributed by atoms with E-state index in [2.05, 4.69) is 5.32 Å². The molecule has 5 N–H and O–H groups in total. The van der Waals surface area contributed by atoms with Gasteiger partial charge >= 0.3 is 23.9 Å². The molecule has 1 aromatic rings. The number of unbranched alkanes of at least 4 members (excludes halogenated alkanes) is 7. The van der Waals surface area contributed by atoms with Crippen molar-refractivity contribution in [2.75, 3.05) is 31.5 Å². The molecular weight excluding hydrogens is 582 g/mol. The molecule has 0 bridgehead atoms. The molecule has 44 heavy (non-hydrogen) atoms. The van der Waals surface area contributed by atoms with Crippen LogP contribution in [0, 0.1) is 0 Å². The summed E-state index contributed by atoms with van der Waals surface area (Å²) >= 11 is 0. The van der Waals surface area contributed by atoms with E-state index in [0.717, 1.165) is 63.1 Å². The summed E-state index contributed by atoms with van der Waals surface area (Å²) in [7, 11) is 0. The molecule has 15 nitrogen and oxygen atoms in total. The van der Waals surface area contributed by atoms with Crippen molar-refractivity contribution < 1.29 is 58.8 Å². The van der Waals surface area contributed by atoms with Crippen molar-refractivity contribution in [3.05, 3.63) is 29.3 Å². The number of Topliss-reactive ketones (excluding diaryl/α,β-unsaturated/α-hetero) is 1. The number of hydrogen-bond donors (Lipinski definition) is 5. The standard InChI is InChI=1S/C29H39N3O12/c1-19(33)10-8-6-4-2-3-5-7-9-11-23(34)30-22-13-20(28(43)31(15-24(35)36)16-25(37)38)12-21(14-22)29(44)32(17-26(39)40)18-27(41)42/h12-14H,2-11,15-18H2,1H3,(H,30,34)(H,35,36)(H,37,38)(H,39,40)(H,41,42). The summed E-state index contributed by atoms with van der Waals surface area (Å²) in [5.74, 6) is -8.55. The van der Waals surface area contributed by atoms with Gasteiger partial charge in [0.15, 0.2) is 0 Å². The largest absolute Gasteiger partial charge is 0.480 e. The number of benzene rings is 1. The molecule has 0 aromatic heterocycles. The smallest absolute Gasteiger partial charge is 0.323 e. The number of nitrogens with one attached hydrogen (secondary N) is 1. The van der Waals surface area contributed by atoms with Gasteiger partial charge in [0.2, 0.25) is 5.91 Å². The maximum Gasteiger partial charge on any atom is 0.323 e. The lowest BCUT2D eigenvalue weighted by atomic mass is 10.0. The number of nitrogens with zero attached hydrogens (tertiary/aromatic N) is 2. The Hall–Kier alpha value is -4.82. The average Bonchev–Trinajstić information content (AvgIpc) is 2.91. The van der Waals surface area contributed by atoms with Gasteiger partial charge < -0.3 is 40.3 Å². The molecule has 1 rings (SSSR count). The lowest BCUT2D eigenvalue weighted by molar-refractivity contribution is -0.142. The van der Waals surface area contributed by atoms with Crippen LogP contribution in [0.4, 0.5) is 5.69 Å². The van der Waals surface area contributed by atoms with Gasteiger partial charge in [-0.05, 0) is 38.0 Å². The number of carboxylic acid groups (broad SMARTS) is 4. The molecule has 0 heterocycles. The fourth-order valence-corrected chi connectivity index (χ4v) is 4.31. The van der Waals surface area contributed by atoms with Crippen LogP contribution in [0.15, 0.2) is 18.2 Å². The number of carbonyl (C=O) groups excluding carboxylic acids is 4. The average molecular weight is 622 g/mol. The van der Waals surface area contributed by atoms with E-state index < -0.39 is 67.8 Å². The Morgan fingerprint density at radius 3 is 1.23 bits per heavy atom. The summed E-state index contributed by atoms with van der Waals surface area (Å²) in [6.07, 6.45) is 7.77. The maximum atomic E-state index is 13.1. The predicted octanol–water partition coefficient (Wildman–Crippen LogP) is 2.34. The molecule has 242 valence electrons. The summed E-state index contributed by atoms with van der Waals surface area (Å²) in [4.78, 5) is 95.7. The van der Waals surface area contributed by atoms with Gasteiger partial charge in [0.05, 0.1) is 0 Å². The van der Waals surface area contributed by atoms with Crippen LogP contribution in [0.25, 0.3) is 0 Å². The first-order chi connectivity index (χ1) is 20.7. The van der Waals surface area contributed by atoms with E-state index in [1.807, 2.05) is 0 Å². The Morgan fingerprint density at radius 2 is 0.886 bits per heavy atom. The van der Waals surface area contributed by atoms with Gasteiger partial charge in [-0.1, -0.05) is 38.5 Å². The van der Waals surface area contributed by atoms with Crippen LogP contribution >= 0.6 is 0 Å². The third kappa shape index (κ3) is 15.4. The zero-order chi connectivity index (χ0) is 33.2. The molecule has 0 spiro atoms. The highest BCUT2D eigenvalue weighted by molar-refractivity contribution is 6.04. The highest BCUT2D eigenvalue weighted by Gasteiger charge is 2.26. The summed E-state index contributed by atoms with van der Waals surface area (Å²) in [6.45, 7) is -2.40. The van der Waals surface area contributed by atoms with Crippen molar-refractivity contribution in [2.24, 2.45) is 0 Å². The molecule has 1 aromatic carbocycles. The topological polar surface area (TPSA) is 236 Å². The van der Waals surface area contributed by atoms with E-state index in [-0.39, 0.29) is 29.0 Å². The molecular formula is C29H39N3O12. The van der Waals surface area contributed by atoms with Crippen LogP contribution in [-0.2, 0) is 28.8 Å². The van der Waals surface area contributed by atoms with Gasteiger partial charge in [0.1, 0.15) is 32.0 Å². The van der Waals surface area contributed by atoms with Crippen molar-refractivity contribution in [1.29, 1.82) is 0 Å². The second-order valence-electron chi connectivity index (χ2n) is 10.3. The summed E-state index contributed by atoms with van der Waals surface area (Å²) in [5, 5.41) is 39.0. The zero-order valence-corrected chi connectivity index (χ0v) is 24.6. The maximum absolute atomic E-state index is 13.1. The second kappa shape index (κ2) is 19.4. The molecule has 0 atom stereocenters. The Labute approximate surface area is 253 Å². The van der Waals surface area contributed by atoms with E-state index in [9.17, 15) is 38.4 Å². The van der Waals surface area contributed by atoms with Gasteiger partial charge in [-0.2, -0.15) is 0 Å². The Morgan fingerprint density at radius 1 is 0.545 bits per heavy atom. The molecule has 0 saturated carbocycles. The Bertz CT molecular complexity index is 1130. The number of rotatable bonds is 22. The van der Waals surface area contributed by atoms with Crippen molar-refractivity contribution in [1.82, 2.24) is 9.80 Å². The number of anilines is 1. The van der Waals surface area contributed by atoms with Gasteiger partial charge in [0.25, 0.3) is 11.8 Å². The predicted molar refractivity (Wildman–Crippen MR) is 154 cm³/mol. The third-order valence-electron chi connectivity index (χ3n) is 6.27. The first-order valence-corrected chi connectivity index (χ1v) is 14.1. The second-order valence-corrected chi connectivity index (χ2v) is 10.3. The van der Waals surface area contributed by atoms with Crippen LogP contribution in [-0.4, -0.2) is 104 Å². The number of ketones is 1. The summed E-state index contributed by atoms with van der Waals surface area (Å²) in [6, 6.07) is 3.16. The number of carbonyl (C=O) groups is 8. The van der Waals surface area contributed by atoms with Crippen molar-refractivity contribution >= 4 is 53.1 Å². The molecule has 0 unspecified atom stereocenters. The quantitative estimate of drug-likeness (QED) is 0.117. The summed E-state index contributed by atoms with van der Waals surface area (Å²) in [5.41, 5.74) is -0.865. The molecule has 0 aliphatic heterocycles. The normalized spacial score (nSPS) is 10.5. The van der Waals surface area contributed by atoms with Crippen molar-refractivity contribution in [3.63, 3.8) is 0 Å².